The normalized spacial score (nSPS) is 7.45. The maximum absolute atomic E-state index is 5.15. The molecule has 0 bridgehead atoms. The van der Waals surface area contributed by atoms with Crippen LogP contribution in [0, 0.1) is 6.58 Å². The molecule has 64 valence electrons. The van der Waals surface area contributed by atoms with Crippen LogP contribution in [0.15, 0.2) is 6.08 Å². The van der Waals surface area contributed by atoms with Gasteiger partial charge in [0.15, 0.2) is 0 Å². The predicted molar refractivity (Wildman–Crippen MR) is 40.8 cm³/mol. The molecule has 11 heavy (non-hydrogen) atoms. The molecule has 0 N–H and O–H groups in total. The van der Waals surface area contributed by atoms with E-state index < -0.39 is 0 Å². The minimum absolute atomic E-state index is 0.784. The molecule has 0 aliphatic carbocycles. The van der Waals surface area contributed by atoms with Gasteiger partial charge in [-0.3, -0.25) is 0 Å². The molecule has 0 saturated carbocycles. The predicted octanol–water partition coefficient (Wildman–Crippen LogP) is 1.31. The van der Waals surface area contributed by atoms with Crippen molar-refractivity contribution in [3.05, 3.63) is 12.7 Å². The Morgan fingerprint density at radius 2 is 2.18 bits per heavy atom. The zero-order valence-electron chi connectivity index (χ0n) is 6.79. The van der Waals surface area contributed by atoms with Gasteiger partial charge in [0.2, 0.25) is 0 Å². The van der Waals surface area contributed by atoms with Gasteiger partial charge in [0.1, 0.15) is 0 Å². The molecule has 0 amide bonds. The number of hydrogen-bond acceptors (Lipinski definition) is 1. The topological polar surface area (TPSA) is 9.23 Å². The van der Waals surface area contributed by atoms with Crippen molar-refractivity contribution in [2.75, 3.05) is 6.61 Å². The Kier molecular flexibility index (Phi) is 17.5. The number of rotatable bonds is 4. The van der Waals surface area contributed by atoms with Gasteiger partial charge in [0.05, 0.1) is 0 Å². The van der Waals surface area contributed by atoms with Crippen molar-refractivity contribution in [3.8, 4) is 0 Å². The molecule has 0 atom stereocenters. The van der Waals surface area contributed by atoms with Crippen molar-refractivity contribution in [1.29, 1.82) is 0 Å². The summed E-state index contributed by atoms with van der Waals surface area (Å²) >= 11 is 2.71. The van der Waals surface area contributed by atoms with Crippen molar-refractivity contribution < 1.29 is 43.4 Å². The molecule has 0 aliphatic heterocycles. The first-order chi connectivity index (χ1) is 5.22. The first kappa shape index (κ1) is 14.3. The Morgan fingerprint density at radius 1 is 1.73 bits per heavy atom. The van der Waals surface area contributed by atoms with Crippen molar-refractivity contribution >= 4 is 8.48 Å². The molecular weight excluding hydrogens is 480 g/mol. The second kappa shape index (κ2) is 13.4. The summed E-state index contributed by atoms with van der Waals surface area (Å²) in [6.07, 6.45) is 2.55. The fourth-order valence-electron chi connectivity index (χ4n) is 0.251. The van der Waals surface area contributed by atoms with Crippen molar-refractivity contribution in [2.24, 2.45) is 0 Å². The molecule has 0 rings (SSSR count). The summed E-state index contributed by atoms with van der Waals surface area (Å²) in [4.78, 5) is 0. The fraction of sp³-hybridized carbons (Fsp3) is 0.500. The second-order valence-corrected chi connectivity index (χ2v) is 4.45. The molecule has 0 aromatic carbocycles. The summed E-state index contributed by atoms with van der Waals surface area (Å²) in [6.45, 7) is 9.91. The summed E-state index contributed by atoms with van der Waals surface area (Å²) in [5.41, 5.74) is 0. The molecule has 3 heteroatoms. The summed E-state index contributed by atoms with van der Waals surface area (Å²) < 4.78 is 8.83. The van der Waals surface area contributed by atoms with Crippen LogP contribution < -0.4 is 0 Å². The third-order valence-electron chi connectivity index (χ3n) is 0.585. The molecule has 0 spiro atoms. The van der Waals surface area contributed by atoms with E-state index >= 15 is 0 Å². The zero-order valence-corrected chi connectivity index (χ0v) is 12.7. The molecule has 0 aromatic rings. The van der Waals surface area contributed by atoms with Crippen molar-refractivity contribution in [1.82, 2.24) is 0 Å². The van der Waals surface area contributed by atoms with Crippen LogP contribution in [0.5, 0.6) is 0 Å². The van der Waals surface area contributed by atoms with Gasteiger partial charge in [-0.15, -0.1) is 0 Å². The number of ether oxygens (including phenoxy) is 1. The zero-order chi connectivity index (χ0) is 9.11. The minimum atomic E-state index is 0.784. The third-order valence-corrected chi connectivity index (χ3v) is 1.50. The molecule has 0 fully saturated rings. The molecule has 0 radical (unpaired) electrons. The monoisotopic (exact) mass is 492 g/mol. The number of hydrogen-bond donors (Lipinski definition) is 0. The fourth-order valence-corrected chi connectivity index (χ4v) is 0.550. The molecule has 0 saturated heterocycles. The van der Waals surface area contributed by atoms with E-state index in [1.807, 2.05) is 6.92 Å². The van der Waals surface area contributed by atoms with Gasteiger partial charge in [-0.25, -0.2) is 0 Å². The molecule has 1 nitrogen and oxygen atoms in total. The van der Waals surface area contributed by atoms with Crippen LogP contribution >= 0.6 is 0 Å². The molecular formula is C8H12OW2-2. The molecule has 0 unspecified atom stereocenters. The van der Waals surface area contributed by atoms with E-state index in [0.29, 0.717) is 0 Å². The third kappa shape index (κ3) is 18.1. The second-order valence-electron chi connectivity index (χ2n) is 1.54. The van der Waals surface area contributed by atoms with Crippen LogP contribution in [0.3, 0.4) is 0 Å². The van der Waals surface area contributed by atoms with E-state index in [4.69, 9.17) is 11.3 Å². The summed E-state index contributed by atoms with van der Waals surface area (Å²) in [6, 6.07) is 0. The van der Waals surface area contributed by atoms with Crippen LogP contribution in [0.25, 0.3) is 0 Å². The van der Waals surface area contributed by atoms with Crippen LogP contribution in [-0.2, 0) is 43.4 Å². The Bertz CT molecular complexity index is 121. The van der Waals surface area contributed by atoms with Crippen LogP contribution in [0.1, 0.15) is 20.3 Å². The van der Waals surface area contributed by atoms with E-state index in [-0.39, 0.29) is 0 Å². The first-order valence-corrected chi connectivity index (χ1v) is 6.16. The maximum atomic E-state index is 5.15. The van der Waals surface area contributed by atoms with E-state index in [0.717, 1.165) is 17.1 Å². The van der Waals surface area contributed by atoms with Gasteiger partial charge in [-0.05, 0) is 0 Å². The quantitative estimate of drug-likeness (QED) is 0.539. The molecule has 0 aromatic heterocycles. The molecule has 0 aliphatic rings. The van der Waals surface area contributed by atoms with Crippen molar-refractivity contribution in [2.45, 2.75) is 20.3 Å². The molecule has 0 heterocycles. The van der Waals surface area contributed by atoms with E-state index in [1.165, 1.54) is 44.8 Å². The van der Waals surface area contributed by atoms with Crippen LogP contribution in [-0.4, -0.2) is 15.1 Å². The summed E-state index contributed by atoms with van der Waals surface area (Å²) in [5, 5.41) is 0. The van der Waals surface area contributed by atoms with Crippen LogP contribution in [0.4, 0.5) is 0 Å². The van der Waals surface area contributed by atoms with Gasteiger partial charge < -0.3 is 0 Å². The van der Waals surface area contributed by atoms with Gasteiger partial charge >= 0.3 is 91.5 Å². The average Bonchev–Trinajstić information content (AvgIpc) is 2.02. The Labute approximate surface area is 91.0 Å². The van der Waals surface area contributed by atoms with E-state index in [1.54, 1.807) is 0 Å². The Hall–Kier alpha value is 0.817. The summed E-state index contributed by atoms with van der Waals surface area (Å²) in [7, 11) is 0. The van der Waals surface area contributed by atoms with Gasteiger partial charge in [-0.1, -0.05) is 0 Å². The van der Waals surface area contributed by atoms with E-state index in [2.05, 4.69) is 11.3 Å². The van der Waals surface area contributed by atoms with Gasteiger partial charge in [0, 0.05) is 0 Å². The van der Waals surface area contributed by atoms with Gasteiger partial charge in [0.25, 0.3) is 0 Å². The van der Waals surface area contributed by atoms with E-state index in [9.17, 15) is 0 Å². The Morgan fingerprint density at radius 3 is 2.45 bits per heavy atom. The Balaban J connectivity index is 0. The standard InChI is InChI=1S/C6H9O.C2H3.2W/c1-3-5-7-6-4-2;1-2;;/h1,3H,4,6H2,2H3;1H3;;/q2*-1;;. The van der Waals surface area contributed by atoms with Crippen LogP contribution in [0.2, 0.25) is 0 Å². The van der Waals surface area contributed by atoms with Crippen molar-refractivity contribution in [3.63, 3.8) is 0 Å². The first-order valence-electron chi connectivity index (χ1n) is 3.23. The average molecular weight is 492 g/mol. The summed E-state index contributed by atoms with van der Waals surface area (Å²) in [5.74, 6) is 0. The van der Waals surface area contributed by atoms with Gasteiger partial charge in [-0.2, -0.15) is 0 Å². The SMILES string of the molecule is C[C-]=[W].[CH-]=C[C](=[W])OCCC.